The molecule has 1 aliphatic heterocycles. The Bertz CT molecular complexity index is 642. The zero-order valence-electron chi connectivity index (χ0n) is 11.9. The summed E-state index contributed by atoms with van der Waals surface area (Å²) in [4.78, 5) is 0. The van der Waals surface area contributed by atoms with Gasteiger partial charge in [0.2, 0.25) is 0 Å². The summed E-state index contributed by atoms with van der Waals surface area (Å²) < 4.78 is 6.24. The summed E-state index contributed by atoms with van der Waals surface area (Å²) >= 11 is 18.6. The topological polar surface area (TPSA) is 21.3 Å². The molecule has 1 aliphatic rings. The van der Waals surface area contributed by atoms with E-state index in [2.05, 4.69) is 17.4 Å². The van der Waals surface area contributed by atoms with E-state index < -0.39 is 0 Å². The highest BCUT2D eigenvalue weighted by atomic mass is 35.5. The first-order chi connectivity index (χ1) is 10.7. The van der Waals surface area contributed by atoms with Gasteiger partial charge in [0.25, 0.3) is 0 Å². The molecule has 0 aromatic heterocycles. The zero-order valence-corrected chi connectivity index (χ0v) is 14.1. The highest BCUT2D eigenvalue weighted by Gasteiger charge is 2.29. The molecule has 0 bridgehead atoms. The van der Waals surface area contributed by atoms with Gasteiger partial charge in [-0.05, 0) is 30.7 Å². The molecular formula is C17H16Cl3NO. The van der Waals surface area contributed by atoms with Crippen molar-refractivity contribution in [1.29, 1.82) is 0 Å². The fourth-order valence-corrected chi connectivity index (χ4v) is 3.37. The van der Waals surface area contributed by atoms with Crippen molar-refractivity contribution in [3.05, 3.63) is 63.1 Å². The predicted molar refractivity (Wildman–Crippen MR) is 92.3 cm³/mol. The summed E-state index contributed by atoms with van der Waals surface area (Å²) in [7, 11) is 0. The number of rotatable bonds is 4. The Balaban J connectivity index is 1.95. The molecule has 0 spiro atoms. The van der Waals surface area contributed by atoms with Crippen molar-refractivity contribution < 1.29 is 4.74 Å². The van der Waals surface area contributed by atoms with Gasteiger partial charge < -0.3 is 10.1 Å². The second kappa shape index (κ2) is 7.10. The van der Waals surface area contributed by atoms with E-state index in [1.165, 1.54) is 0 Å². The minimum Gasteiger partial charge on any atom is -0.482 e. The summed E-state index contributed by atoms with van der Waals surface area (Å²) in [6.07, 6.45) is 0.944. The fraction of sp³-hybridized carbons (Fsp3) is 0.294. The van der Waals surface area contributed by atoms with Crippen molar-refractivity contribution in [3.63, 3.8) is 0 Å². The highest BCUT2D eigenvalue weighted by Crippen LogP contribution is 2.42. The van der Waals surface area contributed by atoms with Crippen LogP contribution in [-0.4, -0.2) is 13.1 Å². The van der Waals surface area contributed by atoms with E-state index in [1.807, 2.05) is 18.2 Å². The standard InChI is InChI=1S/C17H16Cl3NO/c18-13-6-7-14(19)17(15(13)20)22-16(12-8-9-21-10-12)11-4-2-1-3-5-11/h1-7,12,16,21H,8-10H2/t12-,16-/m1/s1. The zero-order chi connectivity index (χ0) is 15.5. The van der Waals surface area contributed by atoms with Crippen molar-refractivity contribution in [2.75, 3.05) is 13.1 Å². The van der Waals surface area contributed by atoms with E-state index in [4.69, 9.17) is 39.5 Å². The van der Waals surface area contributed by atoms with Crippen molar-refractivity contribution in [2.24, 2.45) is 5.92 Å². The van der Waals surface area contributed by atoms with Crippen LogP contribution in [0.25, 0.3) is 0 Å². The molecular weight excluding hydrogens is 341 g/mol. The van der Waals surface area contributed by atoms with E-state index in [0.29, 0.717) is 26.7 Å². The number of halogens is 3. The third-order valence-corrected chi connectivity index (χ3v) is 4.99. The SMILES string of the molecule is Clc1ccc(Cl)c(O[C@H](c2ccccc2)[C@@H]2CCNC2)c1Cl. The Kier molecular flexibility index (Phi) is 5.14. The van der Waals surface area contributed by atoms with Crippen LogP contribution < -0.4 is 10.1 Å². The van der Waals surface area contributed by atoms with E-state index in [0.717, 1.165) is 25.1 Å². The van der Waals surface area contributed by atoms with Crippen LogP contribution in [0.4, 0.5) is 0 Å². The number of hydrogen-bond acceptors (Lipinski definition) is 2. The number of hydrogen-bond donors (Lipinski definition) is 1. The van der Waals surface area contributed by atoms with E-state index >= 15 is 0 Å². The monoisotopic (exact) mass is 355 g/mol. The number of nitrogens with one attached hydrogen (secondary N) is 1. The van der Waals surface area contributed by atoms with Crippen LogP contribution in [0, 0.1) is 5.92 Å². The van der Waals surface area contributed by atoms with Gasteiger partial charge in [-0.2, -0.15) is 0 Å². The third-order valence-electron chi connectivity index (χ3n) is 3.90. The molecule has 0 amide bonds. The molecule has 0 unspecified atom stereocenters. The van der Waals surface area contributed by atoms with Crippen molar-refractivity contribution in [2.45, 2.75) is 12.5 Å². The van der Waals surface area contributed by atoms with Gasteiger partial charge in [-0.3, -0.25) is 0 Å². The average molecular weight is 357 g/mol. The summed E-state index contributed by atoms with van der Waals surface area (Å²) in [6, 6.07) is 13.5. The van der Waals surface area contributed by atoms with Crippen LogP contribution in [0.3, 0.4) is 0 Å². The third kappa shape index (κ3) is 3.36. The van der Waals surface area contributed by atoms with Gasteiger partial charge in [-0.25, -0.2) is 0 Å². The molecule has 1 N–H and O–H groups in total. The molecule has 22 heavy (non-hydrogen) atoms. The molecule has 2 aromatic carbocycles. The molecule has 5 heteroatoms. The van der Waals surface area contributed by atoms with Crippen LogP contribution in [0.2, 0.25) is 15.1 Å². The molecule has 1 saturated heterocycles. The lowest BCUT2D eigenvalue weighted by molar-refractivity contribution is 0.145. The maximum absolute atomic E-state index is 6.28. The fourth-order valence-electron chi connectivity index (χ4n) is 2.76. The van der Waals surface area contributed by atoms with Gasteiger partial charge >= 0.3 is 0 Å². The van der Waals surface area contributed by atoms with Gasteiger partial charge in [0, 0.05) is 12.5 Å². The van der Waals surface area contributed by atoms with Gasteiger partial charge in [-0.15, -0.1) is 0 Å². The number of ether oxygens (including phenoxy) is 1. The minimum absolute atomic E-state index is 0.107. The highest BCUT2D eigenvalue weighted by molar-refractivity contribution is 6.44. The Labute approximate surface area is 145 Å². The molecule has 3 rings (SSSR count). The van der Waals surface area contributed by atoms with Crippen molar-refractivity contribution >= 4 is 34.8 Å². The second-order valence-electron chi connectivity index (χ2n) is 5.37. The molecule has 0 saturated carbocycles. The van der Waals surface area contributed by atoms with Crippen LogP contribution in [0.5, 0.6) is 5.75 Å². The van der Waals surface area contributed by atoms with Crippen LogP contribution >= 0.6 is 34.8 Å². The molecule has 2 aromatic rings. The second-order valence-corrected chi connectivity index (χ2v) is 6.57. The first-order valence-electron chi connectivity index (χ1n) is 7.22. The van der Waals surface area contributed by atoms with Gasteiger partial charge in [-0.1, -0.05) is 65.1 Å². The van der Waals surface area contributed by atoms with Crippen molar-refractivity contribution in [1.82, 2.24) is 5.32 Å². The summed E-state index contributed by atoms with van der Waals surface area (Å²) in [5.41, 5.74) is 1.11. The Morgan fingerprint density at radius 3 is 2.41 bits per heavy atom. The van der Waals surface area contributed by atoms with Gasteiger partial charge in [0.05, 0.1) is 10.0 Å². The van der Waals surface area contributed by atoms with Crippen LogP contribution in [0.15, 0.2) is 42.5 Å². The van der Waals surface area contributed by atoms with Crippen LogP contribution in [-0.2, 0) is 0 Å². The van der Waals surface area contributed by atoms with Crippen molar-refractivity contribution in [3.8, 4) is 5.75 Å². The first kappa shape index (κ1) is 15.9. The molecule has 116 valence electrons. The average Bonchev–Trinajstić information content (AvgIpc) is 3.06. The quantitative estimate of drug-likeness (QED) is 0.743. The Hall–Kier alpha value is -0.930. The molecule has 0 aliphatic carbocycles. The van der Waals surface area contributed by atoms with Gasteiger partial charge in [0.1, 0.15) is 11.1 Å². The molecule has 2 nitrogen and oxygen atoms in total. The van der Waals surface area contributed by atoms with Gasteiger partial charge in [0.15, 0.2) is 5.75 Å². The van der Waals surface area contributed by atoms with E-state index in [1.54, 1.807) is 12.1 Å². The number of benzene rings is 2. The Morgan fingerprint density at radius 1 is 1.00 bits per heavy atom. The largest absolute Gasteiger partial charge is 0.482 e. The predicted octanol–water partition coefficient (Wildman–Crippen LogP) is 5.38. The first-order valence-corrected chi connectivity index (χ1v) is 8.36. The minimum atomic E-state index is -0.107. The lowest BCUT2D eigenvalue weighted by atomic mass is 9.95. The molecule has 0 radical (unpaired) electrons. The normalized spacial score (nSPS) is 19.1. The maximum atomic E-state index is 6.28. The molecule has 2 atom stereocenters. The molecule has 1 fully saturated rings. The molecule has 1 heterocycles. The lowest BCUT2D eigenvalue weighted by Crippen LogP contribution is -2.21. The summed E-state index contributed by atoms with van der Waals surface area (Å²) in [6.45, 7) is 1.91. The van der Waals surface area contributed by atoms with E-state index in [-0.39, 0.29) is 6.10 Å². The summed E-state index contributed by atoms with van der Waals surface area (Å²) in [5.74, 6) is 0.824. The Morgan fingerprint density at radius 2 is 1.73 bits per heavy atom. The maximum Gasteiger partial charge on any atom is 0.158 e. The summed E-state index contributed by atoms with van der Waals surface area (Å²) in [5, 5.41) is 4.65. The van der Waals surface area contributed by atoms with Crippen LogP contribution in [0.1, 0.15) is 18.1 Å². The smallest absolute Gasteiger partial charge is 0.158 e. The lowest BCUT2D eigenvalue weighted by Gasteiger charge is -2.26. The van der Waals surface area contributed by atoms with E-state index in [9.17, 15) is 0 Å².